The quantitative estimate of drug-likeness (QED) is 0.177. The lowest BCUT2D eigenvalue weighted by atomic mass is 9.98. The summed E-state index contributed by atoms with van der Waals surface area (Å²) in [7, 11) is 0. The summed E-state index contributed by atoms with van der Waals surface area (Å²) in [5, 5.41) is 22.4. The largest absolute Gasteiger partial charge is 0.478 e. The number of halogens is 3. The fraction of sp³-hybridized carbons (Fsp3) is 0.152. The lowest BCUT2D eigenvalue weighted by Gasteiger charge is -2.16. The predicted molar refractivity (Wildman–Crippen MR) is 167 cm³/mol. The molecule has 1 aliphatic rings. The maximum Gasteiger partial charge on any atom is 0.335 e. The van der Waals surface area contributed by atoms with Crippen LogP contribution in [0.2, 0.25) is 5.02 Å². The number of carbonyl (C=O) groups is 4. The van der Waals surface area contributed by atoms with Crippen molar-refractivity contribution in [3.8, 4) is 0 Å². The van der Waals surface area contributed by atoms with E-state index in [1.54, 1.807) is 37.3 Å². The van der Waals surface area contributed by atoms with E-state index in [9.17, 15) is 33.1 Å². The van der Waals surface area contributed by atoms with Gasteiger partial charge in [-0.15, -0.1) is 0 Å². The molecule has 0 saturated carbocycles. The molecule has 47 heavy (non-hydrogen) atoms. The highest BCUT2D eigenvalue weighted by atomic mass is 35.5. The van der Waals surface area contributed by atoms with Gasteiger partial charge in [0.15, 0.2) is 17.3 Å². The normalized spacial score (nSPS) is 13.7. The number of carboxylic acid groups (broad SMARTS) is 1. The average Bonchev–Trinajstić information content (AvgIpc) is 3.67. The summed E-state index contributed by atoms with van der Waals surface area (Å²) in [6.45, 7) is 1.55. The van der Waals surface area contributed by atoms with E-state index in [0.29, 0.717) is 29.1 Å². The van der Waals surface area contributed by atoms with Gasteiger partial charge in [0, 0.05) is 23.3 Å². The van der Waals surface area contributed by atoms with Crippen molar-refractivity contribution in [3.05, 3.63) is 128 Å². The Morgan fingerprint density at radius 2 is 1.72 bits per heavy atom. The molecule has 0 aliphatic heterocycles. The van der Waals surface area contributed by atoms with Crippen LogP contribution < -0.4 is 16.0 Å². The van der Waals surface area contributed by atoms with E-state index in [1.165, 1.54) is 24.4 Å². The molecule has 0 spiro atoms. The topological polar surface area (TPSA) is 155 Å². The molecule has 3 aromatic carbocycles. The summed E-state index contributed by atoms with van der Waals surface area (Å²) in [4.78, 5) is 56.3. The van der Waals surface area contributed by atoms with Gasteiger partial charge in [-0.2, -0.15) is 5.10 Å². The number of carbonyl (C=O) groups excluding carboxylic acids is 3. The molecule has 5 aromatic rings. The maximum absolute atomic E-state index is 13.8. The van der Waals surface area contributed by atoms with Crippen LogP contribution in [0.1, 0.15) is 76.4 Å². The monoisotopic (exact) mass is 658 g/mol. The van der Waals surface area contributed by atoms with Crippen molar-refractivity contribution in [2.24, 2.45) is 0 Å². The lowest BCUT2D eigenvalue weighted by Crippen LogP contribution is -2.31. The summed E-state index contributed by atoms with van der Waals surface area (Å²) in [6, 6.07) is 13.5. The molecule has 14 heteroatoms. The smallest absolute Gasteiger partial charge is 0.335 e. The number of rotatable bonds is 8. The Labute approximate surface area is 270 Å². The highest BCUT2D eigenvalue weighted by molar-refractivity contribution is 6.30. The molecule has 0 unspecified atom stereocenters. The number of hydrogen-bond donors (Lipinski definition) is 4. The Hall–Kier alpha value is -5.69. The number of nitrogens with zero attached hydrogens (tertiary/aromatic N) is 3. The fourth-order valence-electron chi connectivity index (χ4n) is 5.55. The highest BCUT2D eigenvalue weighted by Gasteiger charge is 2.29. The minimum atomic E-state index is -1.08. The van der Waals surface area contributed by atoms with Crippen molar-refractivity contribution in [3.63, 3.8) is 0 Å². The number of aromatic carboxylic acids is 1. The molecule has 0 radical (unpaired) electrons. The van der Waals surface area contributed by atoms with Gasteiger partial charge in [-0.25, -0.2) is 23.1 Å². The van der Waals surface area contributed by atoms with Crippen LogP contribution in [0.3, 0.4) is 0 Å². The summed E-state index contributed by atoms with van der Waals surface area (Å²) in [6.07, 6.45) is 2.27. The van der Waals surface area contributed by atoms with E-state index < -0.39 is 41.4 Å². The lowest BCUT2D eigenvalue weighted by molar-refractivity contribution is 0.0695. The third-order valence-corrected chi connectivity index (χ3v) is 8.20. The molecule has 0 bridgehead atoms. The Kier molecular flexibility index (Phi) is 8.39. The van der Waals surface area contributed by atoms with E-state index in [1.807, 2.05) is 0 Å². The van der Waals surface area contributed by atoms with Crippen molar-refractivity contribution in [2.75, 3.05) is 5.32 Å². The minimum Gasteiger partial charge on any atom is -0.478 e. The molecule has 11 nitrogen and oxygen atoms in total. The first-order valence-corrected chi connectivity index (χ1v) is 14.7. The van der Waals surface area contributed by atoms with E-state index in [-0.39, 0.29) is 40.3 Å². The van der Waals surface area contributed by atoms with Crippen molar-refractivity contribution in [1.29, 1.82) is 0 Å². The molecule has 238 valence electrons. The second-order valence-electron chi connectivity index (χ2n) is 10.9. The standard InChI is InChI=1S/C33H25ClF2N6O5/c1-16-20-9-11-26(22(20)8-7-21(16)33(46)47)41-32(45)28-13-27(31(44)37-14-17-2-10-24(35)25(36)12-17)40-29-23(15-38-42(28)29)30(43)39-19-5-3-18(34)4-6-19/h2-8,10,12-13,15,26H,9,11,14H2,1H3,(H,37,44)(H,39,43)(H,41,45)(H,46,47)/t26-/m0/s1. The van der Waals surface area contributed by atoms with E-state index in [4.69, 9.17) is 11.6 Å². The van der Waals surface area contributed by atoms with Crippen molar-refractivity contribution >= 4 is 46.6 Å². The molecular formula is C33H25ClF2N6O5. The summed E-state index contributed by atoms with van der Waals surface area (Å²) in [5.41, 5.74) is 2.68. The van der Waals surface area contributed by atoms with Crippen LogP contribution in [0.25, 0.3) is 5.65 Å². The highest BCUT2D eigenvalue weighted by Crippen LogP contribution is 2.35. The van der Waals surface area contributed by atoms with Gasteiger partial charge >= 0.3 is 5.97 Å². The van der Waals surface area contributed by atoms with E-state index in [0.717, 1.165) is 27.8 Å². The van der Waals surface area contributed by atoms with E-state index in [2.05, 4.69) is 26.0 Å². The zero-order chi connectivity index (χ0) is 33.4. The van der Waals surface area contributed by atoms with Gasteiger partial charge in [0.1, 0.15) is 17.0 Å². The number of nitrogens with one attached hydrogen (secondary N) is 3. The Morgan fingerprint density at radius 1 is 0.957 bits per heavy atom. The molecule has 0 fully saturated rings. The van der Waals surface area contributed by atoms with Crippen LogP contribution in [0.4, 0.5) is 14.5 Å². The Bertz CT molecular complexity index is 2100. The van der Waals surface area contributed by atoms with Crippen molar-refractivity contribution < 1.29 is 33.1 Å². The second kappa shape index (κ2) is 12.6. The van der Waals surface area contributed by atoms with Gasteiger partial charge in [-0.1, -0.05) is 23.7 Å². The number of carboxylic acids is 1. The number of hydrogen-bond acceptors (Lipinski definition) is 6. The minimum absolute atomic E-state index is 0.0349. The number of aromatic nitrogens is 3. The van der Waals surface area contributed by atoms with Gasteiger partial charge in [0.05, 0.1) is 17.8 Å². The Morgan fingerprint density at radius 3 is 2.45 bits per heavy atom. The molecule has 6 rings (SSSR count). The first kappa shape index (κ1) is 31.3. The zero-order valence-corrected chi connectivity index (χ0v) is 25.4. The van der Waals surface area contributed by atoms with Crippen LogP contribution in [0, 0.1) is 18.6 Å². The molecule has 4 N–H and O–H groups in total. The molecule has 3 amide bonds. The number of fused-ring (bicyclic) bond motifs is 2. The van der Waals surface area contributed by atoms with Crippen LogP contribution in [-0.2, 0) is 13.0 Å². The molecule has 1 aliphatic carbocycles. The SMILES string of the molecule is Cc1c(C(=O)O)ccc2c1CC[C@@H]2NC(=O)c1cc(C(=O)NCc2ccc(F)c(F)c2)nc2c(C(=O)Nc3ccc(Cl)cc3)cnn12. The fourth-order valence-corrected chi connectivity index (χ4v) is 5.68. The van der Waals surface area contributed by atoms with Crippen LogP contribution >= 0.6 is 11.6 Å². The predicted octanol–water partition coefficient (Wildman–Crippen LogP) is 5.27. The zero-order valence-electron chi connectivity index (χ0n) is 24.6. The van der Waals surface area contributed by atoms with Gasteiger partial charge in [0.25, 0.3) is 17.7 Å². The summed E-state index contributed by atoms with van der Waals surface area (Å²) < 4.78 is 28.2. The number of benzene rings is 3. The van der Waals surface area contributed by atoms with Crippen LogP contribution in [-0.4, -0.2) is 43.4 Å². The van der Waals surface area contributed by atoms with Crippen molar-refractivity contribution in [2.45, 2.75) is 32.4 Å². The third-order valence-electron chi connectivity index (χ3n) is 7.95. The third kappa shape index (κ3) is 6.25. The van der Waals surface area contributed by atoms with Gasteiger partial charge in [0.2, 0.25) is 0 Å². The average molecular weight is 659 g/mol. The molecular weight excluding hydrogens is 634 g/mol. The summed E-state index contributed by atoms with van der Waals surface area (Å²) >= 11 is 5.94. The number of anilines is 1. The van der Waals surface area contributed by atoms with Gasteiger partial charge in [-0.05, 0) is 84.5 Å². The van der Waals surface area contributed by atoms with E-state index >= 15 is 0 Å². The van der Waals surface area contributed by atoms with Gasteiger partial charge < -0.3 is 21.1 Å². The first-order chi connectivity index (χ1) is 22.5. The molecule has 0 saturated heterocycles. The first-order valence-electron chi connectivity index (χ1n) is 14.3. The molecule has 1 atom stereocenters. The summed E-state index contributed by atoms with van der Waals surface area (Å²) in [5.74, 6) is -5.14. The Balaban J connectivity index is 1.33. The van der Waals surface area contributed by atoms with Gasteiger partial charge in [-0.3, -0.25) is 14.4 Å². The molecule has 2 aromatic heterocycles. The van der Waals surface area contributed by atoms with Crippen LogP contribution in [0.5, 0.6) is 0 Å². The maximum atomic E-state index is 13.8. The van der Waals surface area contributed by atoms with Crippen LogP contribution in [0.15, 0.2) is 66.9 Å². The molecule has 2 heterocycles. The van der Waals surface area contributed by atoms with Crippen molar-refractivity contribution in [1.82, 2.24) is 25.2 Å². The number of amides is 3. The second-order valence-corrected chi connectivity index (χ2v) is 11.3.